The fraction of sp³-hybridized carbons (Fsp3) is 0.692. The predicted molar refractivity (Wildman–Crippen MR) is 68.6 cm³/mol. The monoisotopic (exact) mass is 234 g/mol. The molecule has 1 saturated heterocycles. The van der Waals surface area contributed by atoms with Gasteiger partial charge < -0.3 is 10.2 Å². The van der Waals surface area contributed by atoms with Gasteiger partial charge in [-0.3, -0.25) is 0 Å². The van der Waals surface area contributed by atoms with Gasteiger partial charge in [0.15, 0.2) is 0 Å². The third-order valence-corrected chi connectivity index (χ3v) is 3.54. The van der Waals surface area contributed by atoms with Crippen LogP contribution in [0, 0.1) is 5.92 Å². The predicted octanol–water partition coefficient (Wildman–Crippen LogP) is 1.30. The van der Waals surface area contributed by atoms with E-state index in [9.17, 15) is 0 Å². The largest absolute Gasteiger partial charge is 0.311 e. The van der Waals surface area contributed by atoms with E-state index in [1.165, 1.54) is 32.5 Å². The van der Waals surface area contributed by atoms with Crippen molar-refractivity contribution in [1.29, 1.82) is 0 Å². The van der Waals surface area contributed by atoms with E-state index in [1.54, 1.807) is 12.5 Å². The summed E-state index contributed by atoms with van der Waals surface area (Å²) in [5, 5.41) is 3.50. The van der Waals surface area contributed by atoms with Gasteiger partial charge in [-0.2, -0.15) is 0 Å². The van der Waals surface area contributed by atoms with Gasteiger partial charge in [0.05, 0.1) is 5.69 Å². The lowest BCUT2D eigenvalue weighted by molar-refractivity contribution is 0.190. The summed E-state index contributed by atoms with van der Waals surface area (Å²) in [6, 6.07) is 1.96. The Labute approximate surface area is 103 Å². The molecule has 17 heavy (non-hydrogen) atoms. The van der Waals surface area contributed by atoms with Gasteiger partial charge in [0, 0.05) is 12.7 Å². The summed E-state index contributed by atoms with van der Waals surface area (Å²) in [7, 11) is 0. The Balaban J connectivity index is 1.63. The first-order valence-corrected chi connectivity index (χ1v) is 6.56. The van der Waals surface area contributed by atoms with Crippen LogP contribution in [-0.4, -0.2) is 41.0 Å². The van der Waals surface area contributed by atoms with Gasteiger partial charge in [0.2, 0.25) is 0 Å². The van der Waals surface area contributed by atoms with Crippen molar-refractivity contribution in [2.24, 2.45) is 5.92 Å². The van der Waals surface area contributed by atoms with Gasteiger partial charge in [0.25, 0.3) is 0 Å². The molecule has 0 spiro atoms. The highest BCUT2D eigenvalue weighted by atomic mass is 15.1. The number of likely N-dealkylation sites (tertiary alicyclic amines) is 1. The number of nitrogens with one attached hydrogen (secondary N) is 1. The van der Waals surface area contributed by atoms with E-state index in [1.807, 2.05) is 6.07 Å². The van der Waals surface area contributed by atoms with E-state index < -0.39 is 0 Å². The van der Waals surface area contributed by atoms with Gasteiger partial charge in [-0.05, 0) is 51.0 Å². The lowest BCUT2D eigenvalue weighted by Gasteiger charge is -2.31. The lowest BCUT2D eigenvalue weighted by atomic mass is 9.97. The number of rotatable bonds is 5. The quantitative estimate of drug-likeness (QED) is 0.833. The van der Waals surface area contributed by atoms with Crippen molar-refractivity contribution in [3.8, 4) is 0 Å². The van der Waals surface area contributed by atoms with Crippen LogP contribution in [0.4, 0.5) is 0 Å². The molecule has 0 unspecified atom stereocenters. The van der Waals surface area contributed by atoms with Crippen LogP contribution in [0.3, 0.4) is 0 Å². The summed E-state index contributed by atoms with van der Waals surface area (Å²) in [6.45, 7) is 7.93. The standard InChI is InChI=1S/C13H22N4/c1-2-17-7-4-12(5-8-17)9-15-10-13-3-6-14-11-16-13/h3,6,11-12,15H,2,4-5,7-10H2,1H3. The zero-order valence-electron chi connectivity index (χ0n) is 10.6. The number of aromatic nitrogens is 2. The second-order valence-corrected chi connectivity index (χ2v) is 4.71. The molecule has 0 aromatic carbocycles. The van der Waals surface area contributed by atoms with Crippen molar-refractivity contribution in [2.75, 3.05) is 26.2 Å². The minimum atomic E-state index is 0.833. The molecule has 1 aliphatic rings. The van der Waals surface area contributed by atoms with Crippen LogP contribution < -0.4 is 5.32 Å². The summed E-state index contributed by atoms with van der Waals surface area (Å²) >= 11 is 0. The van der Waals surface area contributed by atoms with Crippen molar-refractivity contribution in [1.82, 2.24) is 20.2 Å². The highest BCUT2D eigenvalue weighted by Crippen LogP contribution is 2.15. The summed E-state index contributed by atoms with van der Waals surface area (Å²) in [6.07, 6.45) is 6.05. The molecule has 94 valence electrons. The van der Waals surface area contributed by atoms with E-state index in [0.717, 1.165) is 24.7 Å². The van der Waals surface area contributed by atoms with Crippen molar-refractivity contribution in [3.05, 3.63) is 24.3 Å². The maximum atomic E-state index is 4.20. The van der Waals surface area contributed by atoms with Crippen molar-refractivity contribution < 1.29 is 0 Å². The van der Waals surface area contributed by atoms with Crippen molar-refractivity contribution >= 4 is 0 Å². The lowest BCUT2D eigenvalue weighted by Crippen LogP contribution is -2.37. The molecular formula is C13H22N4. The van der Waals surface area contributed by atoms with Crippen molar-refractivity contribution in [2.45, 2.75) is 26.3 Å². The normalized spacial score (nSPS) is 18.4. The van der Waals surface area contributed by atoms with Crippen LogP contribution in [0.15, 0.2) is 18.6 Å². The van der Waals surface area contributed by atoms with Gasteiger partial charge in [0.1, 0.15) is 6.33 Å². The highest BCUT2D eigenvalue weighted by Gasteiger charge is 2.17. The molecule has 1 fully saturated rings. The molecule has 0 bridgehead atoms. The Morgan fingerprint density at radius 3 is 2.88 bits per heavy atom. The fourth-order valence-electron chi connectivity index (χ4n) is 2.33. The number of hydrogen-bond donors (Lipinski definition) is 1. The smallest absolute Gasteiger partial charge is 0.115 e. The van der Waals surface area contributed by atoms with E-state index in [0.29, 0.717) is 0 Å². The molecule has 1 aromatic heterocycles. The number of piperidine rings is 1. The van der Waals surface area contributed by atoms with Gasteiger partial charge in [-0.25, -0.2) is 9.97 Å². The third-order valence-electron chi connectivity index (χ3n) is 3.54. The van der Waals surface area contributed by atoms with E-state index in [-0.39, 0.29) is 0 Å². The summed E-state index contributed by atoms with van der Waals surface area (Å²) in [5.41, 5.74) is 1.07. The SMILES string of the molecule is CCN1CCC(CNCc2ccncn2)CC1. The molecule has 0 amide bonds. The summed E-state index contributed by atoms with van der Waals surface area (Å²) < 4.78 is 0. The Morgan fingerprint density at radius 2 is 2.24 bits per heavy atom. The number of hydrogen-bond acceptors (Lipinski definition) is 4. The molecule has 4 heteroatoms. The maximum absolute atomic E-state index is 4.20. The van der Waals surface area contributed by atoms with Gasteiger partial charge >= 0.3 is 0 Å². The number of nitrogens with zero attached hydrogens (tertiary/aromatic N) is 3. The fourth-order valence-corrected chi connectivity index (χ4v) is 2.33. The second-order valence-electron chi connectivity index (χ2n) is 4.71. The average molecular weight is 234 g/mol. The van der Waals surface area contributed by atoms with Crippen LogP contribution in [0.2, 0.25) is 0 Å². The topological polar surface area (TPSA) is 41.0 Å². The molecule has 1 aliphatic heterocycles. The molecule has 2 rings (SSSR count). The highest BCUT2D eigenvalue weighted by molar-refractivity contribution is 4.96. The van der Waals surface area contributed by atoms with Crippen molar-refractivity contribution in [3.63, 3.8) is 0 Å². The van der Waals surface area contributed by atoms with E-state index in [4.69, 9.17) is 0 Å². The van der Waals surface area contributed by atoms with Crippen LogP contribution >= 0.6 is 0 Å². The molecule has 0 saturated carbocycles. The zero-order valence-corrected chi connectivity index (χ0v) is 10.6. The first-order valence-electron chi connectivity index (χ1n) is 6.56. The molecule has 0 atom stereocenters. The molecule has 2 heterocycles. The Hall–Kier alpha value is -1.00. The van der Waals surface area contributed by atoms with Crippen LogP contribution in [0.1, 0.15) is 25.5 Å². The van der Waals surface area contributed by atoms with E-state index >= 15 is 0 Å². The first kappa shape index (κ1) is 12.5. The Morgan fingerprint density at radius 1 is 1.41 bits per heavy atom. The molecule has 1 N–H and O–H groups in total. The van der Waals surface area contributed by atoms with Crippen LogP contribution in [-0.2, 0) is 6.54 Å². The Bertz CT molecular complexity index is 306. The third kappa shape index (κ3) is 4.06. The maximum Gasteiger partial charge on any atom is 0.115 e. The Kier molecular flexibility index (Phi) is 4.88. The van der Waals surface area contributed by atoms with E-state index in [2.05, 4.69) is 27.1 Å². The molecular weight excluding hydrogens is 212 g/mol. The van der Waals surface area contributed by atoms with Crippen LogP contribution in [0.5, 0.6) is 0 Å². The summed E-state index contributed by atoms with van der Waals surface area (Å²) in [5.74, 6) is 0.833. The minimum Gasteiger partial charge on any atom is -0.311 e. The van der Waals surface area contributed by atoms with Gasteiger partial charge in [-0.15, -0.1) is 0 Å². The molecule has 1 aromatic rings. The second kappa shape index (κ2) is 6.67. The summed E-state index contributed by atoms with van der Waals surface area (Å²) in [4.78, 5) is 10.7. The molecule has 4 nitrogen and oxygen atoms in total. The van der Waals surface area contributed by atoms with Crippen LogP contribution in [0.25, 0.3) is 0 Å². The average Bonchev–Trinajstić information content (AvgIpc) is 2.41. The molecule has 0 radical (unpaired) electrons. The van der Waals surface area contributed by atoms with Gasteiger partial charge in [-0.1, -0.05) is 6.92 Å². The zero-order chi connectivity index (χ0) is 11.9. The minimum absolute atomic E-state index is 0.833. The first-order chi connectivity index (χ1) is 8.38. The molecule has 0 aliphatic carbocycles.